The lowest BCUT2D eigenvalue weighted by molar-refractivity contribution is 0.666. The Morgan fingerprint density at radius 2 is 1.07 bits per heavy atom. The maximum Gasteiger partial charge on any atom is 0.143 e. The van der Waals surface area contributed by atoms with Gasteiger partial charge in [-0.1, -0.05) is 78.9 Å². The highest BCUT2D eigenvalue weighted by atomic mass is 16.3. The fourth-order valence-corrected chi connectivity index (χ4v) is 6.37. The number of aromatic nitrogens is 2. The van der Waals surface area contributed by atoms with Gasteiger partial charge >= 0.3 is 0 Å². The van der Waals surface area contributed by atoms with E-state index in [0.717, 1.165) is 66.3 Å². The van der Waals surface area contributed by atoms with Crippen LogP contribution in [0.15, 0.2) is 108 Å². The van der Waals surface area contributed by atoms with Gasteiger partial charge in [0.15, 0.2) is 0 Å². The lowest BCUT2D eigenvalue weighted by Crippen LogP contribution is -1.94. The second kappa shape index (κ2) is 8.49. The van der Waals surface area contributed by atoms with Gasteiger partial charge in [0.2, 0.25) is 0 Å². The van der Waals surface area contributed by atoms with Gasteiger partial charge in [-0.05, 0) is 72.0 Å². The van der Waals surface area contributed by atoms with Crippen molar-refractivity contribution in [3.05, 3.63) is 120 Å². The third kappa shape index (κ3) is 3.31. The molecule has 190 valence electrons. The zero-order valence-electron chi connectivity index (χ0n) is 22.6. The van der Waals surface area contributed by atoms with Crippen molar-refractivity contribution >= 4 is 54.5 Å². The molecule has 0 N–H and O–H groups in total. The van der Waals surface area contributed by atoms with Gasteiger partial charge in [0, 0.05) is 32.7 Å². The Bertz CT molecular complexity index is 2270. The van der Waals surface area contributed by atoms with Crippen molar-refractivity contribution in [1.29, 1.82) is 0 Å². The Labute approximate surface area is 231 Å². The van der Waals surface area contributed by atoms with Crippen molar-refractivity contribution in [2.75, 3.05) is 0 Å². The Morgan fingerprint density at radius 3 is 1.80 bits per heavy atom. The summed E-state index contributed by atoms with van der Waals surface area (Å²) in [6.45, 7) is 6.42. The molecule has 2 aromatic heterocycles. The molecule has 0 aliphatic heterocycles. The molecule has 3 heteroatoms. The van der Waals surface area contributed by atoms with Gasteiger partial charge in [0.05, 0.1) is 22.9 Å². The number of hydrogen-bond donors (Lipinski definition) is 0. The largest absolute Gasteiger partial charge is 0.455 e. The second-order valence-electron chi connectivity index (χ2n) is 10.8. The Hall–Kier alpha value is -5.02. The minimum atomic E-state index is 0.848. The molecule has 0 spiro atoms. The number of aryl methyl sites for hydroxylation is 3. The highest BCUT2D eigenvalue weighted by Gasteiger charge is 2.19. The number of hydrogen-bond acceptors (Lipinski definition) is 3. The van der Waals surface area contributed by atoms with Gasteiger partial charge in [-0.25, -0.2) is 4.98 Å². The van der Waals surface area contributed by atoms with E-state index < -0.39 is 0 Å². The van der Waals surface area contributed by atoms with Crippen LogP contribution in [0.3, 0.4) is 0 Å². The van der Waals surface area contributed by atoms with E-state index in [0.29, 0.717) is 0 Å². The van der Waals surface area contributed by atoms with Crippen LogP contribution < -0.4 is 0 Å². The average Bonchev–Trinajstić information content (AvgIpc) is 3.35. The zero-order chi connectivity index (χ0) is 27.0. The summed E-state index contributed by atoms with van der Waals surface area (Å²) >= 11 is 0. The minimum Gasteiger partial charge on any atom is -0.455 e. The molecule has 0 atom stereocenters. The summed E-state index contributed by atoms with van der Waals surface area (Å²) in [7, 11) is 0. The van der Waals surface area contributed by atoms with E-state index in [1.54, 1.807) is 0 Å². The van der Waals surface area contributed by atoms with E-state index in [-0.39, 0.29) is 0 Å². The van der Waals surface area contributed by atoms with Gasteiger partial charge < -0.3 is 4.42 Å². The highest BCUT2D eigenvalue weighted by molar-refractivity contribution is 6.23. The number of nitrogens with zero attached hydrogens (tertiary/aromatic N) is 2. The van der Waals surface area contributed by atoms with E-state index in [1.807, 2.05) is 6.20 Å². The van der Waals surface area contributed by atoms with Gasteiger partial charge in [-0.15, -0.1) is 0 Å². The average molecular weight is 515 g/mol. The van der Waals surface area contributed by atoms with Crippen molar-refractivity contribution in [2.45, 2.75) is 20.8 Å². The summed E-state index contributed by atoms with van der Waals surface area (Å²) in [5, 5.41) is 6.94. The Balaban J connectivity index is 1.42. The topological polar surface area (TPSA) is 38.9 Å². The molecule has 0 unspecified atom stereocenters. The number of fused-ring (bicyclic) bond motifs is 9. The summed E-state index contributed by atoms with van der Waals surface area (Å²) in [6.07, 6.45) is 1.92. The van der Waals surface area contributed by atoms with Crippen LogP contribution in [0.4, 0.5) is 0 Å². The maximum atomic E-state index is 6.61. The molecule has 0 aliphatic rings. The van der Waals surface area contributed by atoms with Crippen LogP contribution in [0.2, 0.25) is 0 Å². The van der Waals surface area contributed by atoms with Gasteiger partial charge in [0.1, 0.15) is 11.2 Å². The van der Waals surface area contributed by atoms with Crippen LogP contribution in [-0.4, -0.2) is 9.97 Å². The molecule has 8 aromatic rings. The minimum absolute atomic E-state index is 0.848. The molecule has 0 radical (unpaired) electrons. The molecular formula is C37H26N2O. The van der Waals surface area contributed by atoms with Gasteiger partial charge in [-0.2, -0.15) is 0 Å². The first-order valence-electron chi connectivity index (χ1n) is 13.7. The molecule has 3 nitrogen and oxygen atoms in total. The first-order chi connectivity index (χ1) is 19.6. The van der Waals surface area contributed by atoms with E-state index >= 15 is 0 Å². The summed E-state index contributed by atoms with van der Waals surface area (Å²) < 4.78 is 6.61. The molecule has 6 aromatic carbocycles. The Morgan fingerprint density at radius 1 is 0.500 bits per heavy atom. The van der Waals surface area contributed by atoms with Crippen LogP contribution >= 0.6 is 0 Å². The quantitative estimate of drug-likeness (QED) is 0.215. The van der Waals surface area contributed by atoms with E-state index in [9.17, 15) is 0 Å². The lowest BCUT2D eigenvalue weighted by atomic mass is 9.94. The molecule has 8 rings (SSSR count). The summed E-state index contributed by atoms with van der Waals surface area (Å²) in [4.78, 5) is 10.3. The molecule has 0 fully saturated rings. The van der Waals surface area contributed by atoms with Crippen molar-refractivity contribution in [3.8, 4) is 22.4 Å². The standard InChI is InChI=1S/C37H26N2O/c1-21-16-23(3)36-31(17-21)32-19-22(2)18-30(37(32)40-36)26-12-4-7-13-27(26)33-20-38-34-28-14-8-5-10-24(28)25-11-6-9-15-29(25)35(34)39-33/h4-20H,1-3H3. The predicted molar refractivity (Wildman–Crippen MR) is 167 cm³/mol. The van der Waals surface area contributed by atoms with Crippen LogP contribution in [-0.2, 0) is 0 Å². The van der Waals surface area contributed by atoms with Crippen LogP contribution in [0.1, 0.15) is 16.7 Å². The maximum absolute atomic E-state index is 6.61. The molecule has 0 amide bonds. The normalized spacial score (nSPS) is 11.9. The molecule has 2 heterocycles. The van der Waals surface area contributed by atoms with Crippen molar-refractivity contribution < 1.29 is 4.42 Å². The molecule has 0 saturated heterocycles. The van der Waals surface area contributed by atoms with Crippen molar-refractivity contribution in [2.24, 2.45) is 0 Å². The van der Waals surface area contributed by atoms with Crippen LogP contribution in [0.5, 0.6) is 0 Å². The second-order valence-corrected chi connectivity index (χ2v) is 10.8. The first kappa shape index (κ1) is 22.9. The smallest absolute Gasteiger partial charge is 0.143 e. The first-order valence-corrected chi connectivity index (χ1v) is 13.7. The van der Waals surface area contributed by atoms with E-state index in [2.05, 4.69) is 118 Å². The zero-order valence-corrected chi connectivity index (χ0v) is 22.6. The fraction of sp³-hybridized carbons (Fsp3) is 0.0811. The molecule has 0 bridgehead atoms. The third-order valence-corrected chi connectivity index (χ3v) is 8.07. The Kier molecular flexibility index (Phi) is 4.86. The summed E-state index contributed by atoms with van der Waals surface area (Å²) in [6, 6.07) is 34.3. The predicted octanol–water partition coefficient (Wildman–Crippen LogP) is 10.1. The highest BCUT2D eigenvalue weighted by Crippen LogP contribution is 2.42. The number of rotatable bonds is 2. The van der Waals surface area contributed by atoms with Crippen molar-refractivity contribution in [1.82, 2.24) is 9.97 Å². The molecule has 0 saturated carbocycles. The lowest BCUT2D eigenvalue weighted by Gasteiger charge is -2.13. The molecular weight excluding hydrogens is 488 g/mol. The summed E-state index contributed by atoms with van der Waals surface area (Å²) in [5.41, 5.74) is 11.3. The molecule has 40 heavy (non-hydrogen) atoms. The van der Waals surface area contributed by atoms with Crippen molar-refractivity contribution in [3.63, 3.8) is 0 Å². The summed E-state index contributed by atoms with van der Waals surface area (Å²) in [5.74, 6) is 0. The van der Waals surface area contributed by atoms with E-state index in [4.69, 9.17) is 14.4 Å². The number of furan rings is 1. The monoisotopic (exact) mass is 514 g/mol. The van der Waals surface area contributed by atoms with Gasteiger partial charge in [0.25, 0.3) is 0 Å². The third-order valence-electron chi connectivity index (χ3n) is 8.07. The van der Waals surface area contributed by atoms with Crippen LogP contribution in [0.25, 0.3) is 76.9 Å². The number of benzene rings is 6. The van der Waals surface area contributed by atoms with Crippen LogP contribution in [0, 0.1) is 20.8 Å². The fourth-order valence-electron chi connectivity index (χ4n) is 6.37. The molecule has 0 aliphatic carbocycles. The SMILES string of the molecule is Cc1cc(C)c2oc3c(-c4ccccc4-c4cnc5c6ccccc6c6ccccc6c5n4)cc(C)cc3c2c1. The van der Waals surface area contributed by atoms with Gasteiger partial charge in [-0.3, -0.25) is 4.98 Å². The van der Waals surface area contributed by atoms with E-state index in [1.165, 1.54) is 27.3 Å².